The summed E-state index contributed by atoms with van der Waals surface area (Å²) in [6.45, 7) is 8.75. The van der Waals surface area contributed by atoms with Gasteiger partial charge in [0.05, 0.1) is 5.52 Å². The highest BCUT2D eigenvalue weighted by Crippen LogP contribution is 2.30. The molecule has 2 heterocycles. The average Bonchev–Trinajstić information content (AvgIpc) is 2.37. The highest BCUT2D eigenvalue weighted by molar-refractivity contribution is 6.06. The van der Waals surface area contributed by atoms with Gasteiger partial charge in [0.2, 0.25) is 0 Å². The maximum atomic E-state index is 4.70. The van der Waals surface area contributed by atoms with E-state index < -0.39 is 0 Å². The zero-order valence-corrected chi connectivity index (χ0v) is 11.9. The van der Waals surface area contributed by atoms with Crippen molar-refractivity contribution in [3.63, 3.8) is 0 Å². The van der Waals surface area contributed by atoms with Gasteiger partial charge >= 0.3 is 0 Å². The molecular weight excluding hydrogens is 232 g/mol. The lowest BCUT2D eigenvalue weighted by Gasteiger charge is -2.19. The predicted octanol–water partition coefficient (Wildman–Crippen LogP) is 4.39. The molecule has 19 heavy (non-hydrogen) atoms. The van der Waals surface area contributed by atoms with Gasteiger partial charge in [0.1, 0.15) is 0 Å². The molecule has 2 aromatic heterocycles. The van der Waals surface area contributed by atoms with Crippen molar-refractivity contribution in [1.29, 1.82) is 0 Å². The molecule has 1 aromatic carbocycles. The fourth-order valence-corrected chi connectivity index (χ4v) is 2.48. The summed E-state index contributed by atoms with van der Waals surface area (Å²) in [5.74, 6) is 0. The van der Waals surface area contributed by atoms with Crippen molar-refractivity contribution in [3.05, 3.63) is 47.9 Å². The summed E-state index contributed by atoms with van der Waals surface area (Å²) in [7, 11) is 0. The van der Waals surface area contributed by atoms with Crippen LogP contribution in [0, 0.1) is 6.92 Å². The maximum Gasteiger partial charge on any atom is 0.0712 e. The zero-order valence-electron chi connectivity index (χ0n) is 11.9. The molecule has 0 spiro atoms. The number of pyridine rings is 2. The summed E-state index contributed by atoms with van der Waals surface area (Å²) in [5, 5.41) is 3.57. The smallest absolute Gasteiger partial charge is 0.0712 e. The van der Waals surface area contributed by atoms with Crippen molar-refractivity contribution < 1.29 is 0 Å². The third-order valence-corrected chi connectivity index (χ3v) is 3.65. The highest BCUT2D eigenvalue weighted by atomic mass is 14.7. The average molecular weight is 250 g/mol. The van der Waals surface area contributed by atoms with Crippen LogP contribution in [0.3, 0.4) is 0 Å². The molecule has 0 atom stereocenters. The Morgan fingerprint density at radius 3 is 2.47 bits per heavy atom. The van der Waals surface area contributed by atoms with Crippen molar-refractivity contribution in [1.82, 2.24) is 9.97 Å². The van der Waals surface area contributed by atoms with E-state index in [4.69, 9.17) is 4.98 Å². The molecule has 96 valence electrons. The van der Waals surface area contributed by atoms with E-state index in [-0.39, 0.29) is 5.41 Å². The quantitative estimate of drug-likeness (QED) is 0.553. The van der Waals surface area contributed by atoms with Crippen LogP contribution in [-0.4, -0.2) is 9.97 Å². The standard InChI is InChI=1S/C17H18N2/c1-11-13-7-8-18-10-15(13)14-9-12(17(2,3)4)5-6-16(14)19-11/h5-10H,1-4H3. The normalized spacial score (nSPS) is 12.2. The minimum Gasteiger partial charge on any atom is -0.264 e. The maximum absolute atomic E-state index is 4.70. The van der Waals surface area contributed by atoms with E-state index in [1.54, 1.807) is 0 Å². The summed E-state index contributed by atoms with van der Waals surface area (Å²) in [5.41, 5.74) is 3.59. The third kappa shape index (κ3) is 1.97. The fraction of sp³-hybridized carbons (Fsp3) is 0.294. The minimum absolute atomic E-state index is 0.146. The molecule has 0 bridgehead atoms. The summed E-state index contributed by atoms with van der Waals surface area (Å²) >= 11 is 0. The largest absolute Gasteiger partial charge is 0.264 e. The first-order valence-corrected chi connectivity index (χ1v) is 6.61. The van der Waals surface area contributed by atoms with Crippen LogP contribution in [0.15, 0.2) is 36.7 Å². The molecule has 0 aliphatic rings. The number of nitrogens with zero attached hydrogens (tertiary/aromatic N) is 2. The summed E-state index contributed by atoms with van der Waals surface area (Å²) in [6.07, 6.45) is 3.77. The van der Waals surface area contributed by atoms with Crippen molar-refractivity contribution in [2.75, 3.05) is 0 Å². The summed E-state index contributed by atoms with van der Waals surface area (Å²) in [6, 6.07) is 8.60. The van der Waals surface area contributed by atoms with E-state index in [2.05, 4.69) is 50.9 Å². The van der Waals surface area contributed by atoms with Crippen LogP contribution >= 0.6 is 0 Å². The first kappa shape index (κ1) is 12.1. The Balaban J connectivity index is 2.44. The fourth-order valence-electron chi connectivity index (χ4n) is 2.48. The molecule has 0 amide bonds. The highest BCUT2D eigenvalue weighted by Gasteiger charge is 2.15. The Kier molecular flexibility index (Phi) is 2.56. The lowest BCUT2D eigenvalue weighted by Crippen LogP contribution is -2.10. The molecule has 0 N–H and O–H groups in total. The lowest BCUT2D eigenvalue weighted by atomic mass is 9.86. The van der Waals surface area contributed by atoms with E-state index in [0.29, 0.717) is 0 Å². The van der Waals surface area contributed by atoms with Gasteiger partial charge in [-0.2, -0.15) is 0 Å². The van der Waals surface area contributed by atoms with Crippen LogP contribution in [0.4, 0.5) is 0 Å². The Labute approximate surface area is 113 Å². The van der Waals surface area contributed by atoms with Gasteiger partial charge in [0.25, 0.3) is 0 Å². The minimum atomic E-state index is 0.146. The van der Waals surface area contributed by atoms with Gasteiger partial charge in [-0.05, 0) is 36.1 Å². The van der Waals surface area contributed by atoms with E-state index in [1.165, 1.54) is 21.7 Å². The van der Waals surface area contributed by atoms with Gasteiger partial charge in [-0.25, -0.2) is 0 Å². The van der Waals surface area contributed by atoms with Gasteiger partial charge in [-0.15, -0.1) is 0 Å². The number of hydrogen-bond donors (Lipinski definition) is 0. The van der Waals surface area contributed by atoms with Crippen LogP contribution in [0.1, 0.15) is 32.0 Å². The van der Waals surface area contributed by atoms with Crippen LogP contribution < -0.4 is 0 Å². The molecule has 2 nitrogen and oxygen atoms in total. The molecule has 0 aliphatic carbocycles. The van der Waals surface area contributed by atoms with E-state index >= 15 is 0 Å². The molecule has 3 rings (SSSR count). The second-order valence-corrected chi connectivity index (χ2v) is 6.10. The van der Waals surface area contributed by atoms with Crippen LogP contribution in [0.2, 0.25) is 0 Å². The Hall–Kier alpha value is -1.96. The molecular formula is C17H18N2. The number of aromatic nitrogens is 2. The molecule has 0 aliphatic heterocycles. The number of hydrogen-bond acceptors (Lipinski definition) is 2. The van der Waals surface area contributed by atoms with E-state index in [1.807, 2.05) is 18.5 Å². The Morgan fingerprint density at radius 2 is 1.74 bits per heavy atom. The van der Waals surface area contributed by atoms with Gasteiger partial charge in [0, 0.05) is 34.2 Å². The van der Waals surface area contributed by atoms with Crippen LogP contribution in [0.5, 0.6) is 0 Å². The molecule has 0 unspecified atom stereocenters. The SMILES string of the molecule is Cc1nc2ccc(C(C)(C)C)cc2c2cnccc12. The Morgan fingerprint density at radius 1 is 0.947 bits per heavy atom. The molecule has 3 aromatic rings. The van der Waals surface area contributed by atoms with Crippen LogP contribution in [0.25, 0.3) is 21.7 Å². The third-order valence-electron chi connectivity index (χ3n) is 3.65. The first-order chi connectivity index (χ1) is 8.97. The van der Waals surface area contributed by atoms with Crippen molar-refractivity contribution in [3.8, 4) is 0 Å². The first-order valence-electron chi connectivity index (χ1n) is 6.61. The molecule has 0 saturated carbocycles. The number of benzene rings is 1. The van der Waals surface area contributed by atoms with Crippen molar-refractivity contribution in [2.24, 2.45) is 0 Å². The molecule has 0 saturated heterocycles. The second-order valence-electron chi connectivity index (χ2n) is 6.10. The van der Waals surface area contributed by atoms with E-state index in [9.17, 15) is 0 Å². The van der Waals surface area contributed by atoms with Crippen molar-refractivity contribution >= 4 is 21.7 Å². The van der Waals surface area contributed by atoms with Gasteiger partial charge in [0.15, 0.2) is 0 Å². The topological polar surface area (TPSA) is 25.8 Å². The summed E-state index contributed by atoms with van der Waals surface area (Å²) < 4.78 is 0. The molecule has 0 fully saturated rings. The lowest BCUT2D eigenvalue weighted by molar-refractivity contribution is 0.591. The van der Waals surface area contributed by atoms with E-state index in [0.717, 1.165) is 11.2 Å². The monoisotopic (exact) mass is 250 g/mol. The Bertz CT molecular complexity index is 767. The molecule has 2 heteroatoms. The van der Waals surface area contributed by atoms with Gasteiger partial charge < -0.3 is 0 Å². The van der Waals surface area contributed by atoms with Crippen LogP contribution in [-0.2, 0) is 5.41 Å². The van der Waals surface area contributed by atoms with Gasteiger partial charge in [-0.3, -0.25) is 9.97 Å². The summed E-state index contributed by atoms with van der Waals surface area (Å²) in [4.78, 5) is 8.97. The van der Waals surface area contributed by atoms with Gasteiger partial charge in [-0.1, -0.05) is 26.8 Å². The molecule has 0 radical (unpaired) electrons. The number of rotatable bonds is 0. The number of aryl methyl sites for hydroxylation is 1. The predicted molar refractivity (Wildman–Crippen MR) is 80.5 cm³/mol. The second kappa shape index (κ2) is 4.02. The zero-order chi connectivity index (χ0) is 13.6. The number of fused-ring (bicyclic) bond motifs is 3. The van der Waals surface area contributed by atoms with Crippen molar-refractivity contribution in [2.45, 2.75) is 33.1 Å².